The average Bonchev–Trinajstić information content (AvgIpc) is 2.04. The van der Waals surface area contributed by atoms with E-state index in [-0.39, 0.29) is 0 Å². The highest BCUT2D eigenvalue weighted by Crippen LogP contribution is 2.16. The number of hydrogen-bond acceptors (Lipinski definition) is 3. The van der Waals surface area contributed by atoms with E-state index in [9.17, 15) is 0 Å². The molecular weight excluding hydrogens is 192 g/mol. The molecule has 12 heavy (non-hydrogen) atoms. The predicted octanol–water partition coefficient (Wildman–Crippen LogP) is 2.79. The lowest BCUT2D eigenvalue weighted by Gasteiger charge is -2.04. The SMILES string of the molecule is C=C(C)C(SOCC)=[SH]OCC. The van der Waals surface area contributed by atoms with Gasteiger partial charge >= 0.3 is 0 Å². The first-order valence-electron chi connectivity index (χ1n) is 3.87. The van der Waals surface area contributed by atoms with Crippen LogP contribution in [0.3, 0.4) is 0 Å². The van der Waals surface area contributed by atoms with Gasteiger partial charge in [-0.3, -0.25) is 0 Å². The molecule has 0 rings (SSSR count). The van der Waals surface area contributed by atoms with Crippen molar-refractivity contribution < 1.29 is 8.37 Å². The minimum absolute atomic E-state index is 0.698. The summed E-state index contributed by atoms with van der Waals surface area (Å²) in [5, 5.41) is 0. The van der Waals surface area contributed by atoms with Crippen molar-refractivity contribution in [2.75, 3.05) is 13.2 Å². The van der Waals surface area contributed by atoms with E-state index < -0.39 is 0 Å². The van der Waals surface area contributed by atoms with Crippen LogP contribution in [0.1, 0.15) is 20.8 Å². The van der Waals surface area contributed by atoms with Crippen molar-refractivity contribution in [3.05, 3.63) is 12.2 Å². The minimum atomic E-state index is 0.698. The number of thiol groups is 1. The standard InChI is InChI=1S/C8H16O2S2/c1-5-9-11-8(7(3)4)12-10-6-2/h11H,3,5-6H2,1-2,4H3. The summed E-state index contributed by atoms with van der Waals surface area (Å²) >= 11 is 2.20. The molecule has 0 heterocycles. The molecule has 0 aliphatic heterocycles. The van der Waals surface area contributed by atoms with Crippen LogP contribution < -0.4 is 0 Å². The maximum Gasteiger partial charge on any atom is 0.0830 e. The molecule has 0 aromatic rings. The van der Waals surface area contributed by atoms with Crippen molar-refractivity contribution in [2.45, 2.75) is 20.8 Å². The average molecular weight is 208 g/mol. The molecule has 0 fully saturated rings. The minimum Gasteiger partial charge on any atom is -0.325 e. The molecule has 0 amide bonds. The van der Waals surface area contributed by atoms with Crippen LogP contribution in [0.15, 0.2) is 12.2 Å². The molecule has 0 radical (unpaired) electrons. The molecule has 0 aromatic heterocycles. The zero-order valence-corrected chi connectivity index (χ0v) is 9.50. The van der Waals surface area contributed by atoms with Crippen molar-refractivity contribution in [3.8, 4) is 0 Å². The largest absolute Gasteiger partial charge is 0.325 e. The molecule has 72 valence electrons. The zero-order chi connectivity index (χ0) is 9.40. The van der Waals surface area contributed by atoms with E-state index in [1.54, 1.807) is 0 Å². The van der Waals surface area contributed by atoms with Crippen LogP contribution in [-0.2, 0) is 8.37 Å². The van der Waals surface area contributed by atoms with Crippen molar-refractivity contribution in [2.24, 2.45) is 0 Å². The van der Waals surface area contributed by atoms with Gasteiger partial charge < -0.3 is 8.37 Å². The zero-order valence-electron chi connectivity index (χ0n) is 7.79. The van der Waals surface area contributed by atoms with E-state index in [1.165, 1.54) is 12.0 Å². The lowest BCUT2D eigenvalue weighted by atomic mass is 10.4. The highest BCUT2D eigenvalue weighted by atomic mass is 32.2. The first-order valence-corrected chi connectivity index (χ1v) is 5.43. The molecule has 0 unspecified atom stereocenters. The molecule has 4 heteroatoms. The third-order valence-electron chi connectivity index (χ3n) is 0.897. The molecule has 0 saturated heterocycles. The van der Waals surface area contributed by atoms with E-state index in [4.69, 9.17) is 8.37 Å². The Hall–Kier alpha value is 0.230. The van der Waals surface area contributed by atoms with Gasteiger partial charge in [0.1, 0.15) is 0 Å². The molecule has 0 N–H and O–H groups in total. The number of rotatable bonds is 5. The van der Waals surface area contributed by atoms with Crippen LogP contribution >= 0.6 is 23.7 Å². The second-order valence-electron chi connectivity index (χ2n) is 2.08. The second-order valence-corrected chi connectivity index (χ2v) is 4.09. The first-order chi connectivity index (χ1) is 5.72. The second kappa shape index (κ2) is 7.86. The highest BCUT2D eigenvalue weighted by molar-refractivity contribution is 8.24. The summed E-state index contributed by atoms with van der Waals surface area (Å²) in [6.45, 7) is 11.1. The van der Waals surface area contributed by atoms with Crippen molar-refractivity contribution >= 4 is 27.9 Å². The van der Waals surface area contributed by atoms with Gasteiger partial charge in [-0.2, -0.15) is 0 Å². The van der Waals surface area contributed by atoms with Gasteiger partial charge in [0.15, 0.2) is 0 Å². The Bertz CT molecular complexity index is 166. The van der Waals surface area contributed by atoms with E-state index in [0.29, 0.717) is 13.2 Å². The smallest absolute Gasteiger partial charge is 0.0830 e. The maximum atomic E-state index is 5.23. The van der Waals surface area contributed by atoms with E-state index in [2.05, 4.69) is 6.58 Å². The van der Waals surface area contributed by atoms with Gasteiger partial charge in [-0.1, -0.05) is 18.2 Å². The Morgan fingerprint density at radius 3 is 2.50 bits per heavy atom. The van der Waals surface area contributed by atoms with Gasteiger partial charge in [-0.15, -0.1) is 0 Å². The van der Waals surface area contributed by atoms with Gasteiger partial charge in [-0.25, -0.2) is 0 Å². The quantitative estimate of drug-likeness (QED) is 0.324. The van der Waals surface area contributed by atoms with Crippen LogP contribution in [0.25, 0.3) is 0 Å². The highest BCUT2D eigenvalue weighted by Gasteiger charge is 1.99. The fourth-order valence-electron chi connectivity index (χ4n) is 0.402. The first kappa shape index (κ1) is 12.2. The molecular formula is C8H16O2S2. The van der Waals surface area contributed by atoms with Gasteiger partial charge in [0.25, 0.3) is 0 Å². The summed E-state index contributed by atoms with van der Waals surface area (Å²) in [7, 11) is 0. The normalized spacial score (nSPS) is 12.4. The molecule has 2 nitrogen and oxygen atoms in total. The summed E-state index contributed by atoms with van der Waals surface area (Å²) in [4.78, 5) is 0. The Kier molecular flexibility index (Phi) is 8.01. The summed E-state index contributed by atoms with van der Waals surface area (Å²) in [5.74, 6) is 0. The number of hydrogen-bond donors (Lipinski definition) is 1. The molecule has 0 aliphatic rings. The van der Waals surface area contributed by atoms with Gasteiger partial charge in [-0.05, 0) is 26.3 Å². The summed E-state index contributed by atoms with van der Waals surface area (Å²) in [6.07, 6.45) is 0. The van der Waals surface area contributed by atoms with E-state index in [0.717, 1.165) is 21.4 Å². The van der Waals surface area contributed by atoms with Crippen LogP contribution in [0, 0.1) is 0 Å². The molecule has 0 saturated carbocycles. The van der Waals surface area contributed by atoms with Crippen molar-refractivity contribution in [3.63, 3.8) is 0 Å². The van der Waals surface area contributed by atoms with Crippen LogP contribution in [0.5, 0.6) is 0 Å². The predicted molar refractivity (Wildman–Crippen MR) is 59.7 cm³/mol. The fraction of sp³-hybridized carbons (Fsp3) is 0.625. The summed E-state index contributed by atoms with van der Waals surface area (Å²) < 4.78 is 11.5. The molecule has 0 aliphatic carbocycles. The van der Waals surface area contributed by atoms with Crippen LogP contribution in [0.4, 0.5) is 0 Å². The van der Waals surface area contributed by atoms with Gasteiger partial charge in [0, 0.05) is 12.0 Å². The Labute approximate surface area is 82.7 Å². The Morgan fingerprint density at radius 2 is 2.08 bits per heavy atom. The fourth-order valence-corrected chi connectivity index (χ4v) is 1.61. The molecule has 0 spiro atoms. The van der Waals surface area contributed by atoms with Gasteiger partial charge in [0.2, 0.25) is 0 Å². The third-order valence-corrected chi connectivity index (χ3v) is 3.14. The van der Waals surface area contributed by atoms with E-state index >= 15 is 0 Å². The van der Waals surface area contributed by atoms with E-state index in [1.807, 2.05) is 20.8 Å². The van der Waals surface area contributed by atoms with Crippen molar-refractivity contribution in [1.82, 2.24) is 0 Å². The van der Waals surface area contributed by atoms with Crippen molar-refractivity contribution in [1.29, 1.82) is 0 Å². The topological polar surface area (TPSA) is 18.5 Å². The van der Waals surface area contributed by atoms with Crippen LogP contribution in [-0.4, -0.2) is 17.4 Å². The lowest BCUT2D eigenvalue weighted by Crippen LogP contribution is -1.93. The summed E-state index contributed by atoms with van der Waals surface area (Å²) in [5.41, 5.74) is 1.00. The molecule has 0 atom stereocenters. The summed E-state index contributed by atoms with van der Waals surface area (Å²) in [6, 6.07) is 0. The lowest BCUT2D eigenvalue weighted by molar-refractivity contribution is 0.405. The Balaban J connectivity index is 3.94. The Morgan fingerprint density at radius 1 is 1.42 bits per heavy atom. The molecule has 0 bridgehead atoms. The van der Waals surface area contributed by atoms with Crippen LogP contribution in [0.2, 0.25) is 0 Å². The monoisotopic (exact) mass is 208 g/mol. The maximum absolute atomic E-state index is 5.23. The third kappa shape index (κ3) is 5.83. The molecule has 0 aromatic carbocycles. The van der Waals surface area contributed by atoms with Gasteiger partial charge in [0.05, 0.1) is 17.4 Å².